The maximum absolute atomic E-state index is 9.46. The van der Waals surface area contributed by atoms with Crippen molar-refractivity contribution in [1.82, 2.24) is 4.98 Å². The first-order chi connectivity index (χ1) is 5.73. The van der Waals surface area contributed by atoms with Gasteiger partial charge in [-0.1, -0.05) is 6.07 Å². The summed E-state index contributed by atoms with van der Waals surface area (Å²) in [7, 11) is 0. The van der Waals surface area contributed by atoms with Gasteiger partial charge in [-0.25, -0.2) is 0 Å². The van der Waals surface area contributed by atoms with Crippen molar-refractivity contribution < 1.29 is 9.84 Å². The van der Waals surface area contributed by atoms with Crippen LogP contribution in [0.3, 0.4) is 0 Å². The molecule has 1 aliphatic rings. The molecule has 0 amide bonds. The molecule has 2 unspecified atom stereocenters. The lowest BCUT2D eigenvalue weighted by Crippen LogP contribution is -2.53. The Bertz CT molecular complexity index is 275. The summed E-state index contributed by atoms with van der Waals surface area (Å²) in [5, 5.41) is 9.46. The fourth-order valence-corrected chi connectivity index (χ4v) is 1.31. The molecule has 0 saturated carbocycles. The van der Waals surface area contributed by atoms with Gasteiger partial charge in [0.15, 0.2) is 0 Å². The molecule has 2 heterocycles. The van der Waals surface area contributed by atoms with Gasteiger partial charge in [0, 0.05) is 6.20 Å². The van der Waals surface area contributed by atoms with Crippen molar-refractivity contribution in [3.63, 3.8) is 0 Å². The highest BCUT2D eigenvalue weighted by molar-refractivity contribution is 5.17. The average Bonchev–Trinajstić information content (AvgIpc) is 2.16. The fraction of sp³-hybridized carbons (Fsp3) is 0.444. The molecule has 64 valence electrons. The molecule has 12 heavy (non-hydrogen) atoms. The Morgan fingerprint density at radius 3 is 2.92 bits per heavy atom. The molecular weight excluding hydrogens is 154 g/mol. The molecular formula is C9H11NO2. The molecule has 0 spiro atoms. The zero-order chi connectivity index (χ0) is 8.60. The second-order valence-corrected chi connectivity index (χ2v) is 3.15. The van der Waals surface area contributed by atoms with Gasteiger partial charge in [-0.05, 0) is 19.1 Å². The average molecular weight is 165 g/mol. The van der Waals surface area contributed by atoms with Crippen molar-refractivity contribution in [3.8, 4) is 0 Å². The Kier molecular flexibility index (Phi) is 1.63. The minimum Gasteiger partial charge on any atom is -0.387 e. The van der Waals surface area contributed by atoms with E-state index in [9.17, 15) is 5.11 Å². The van der Waals surface area contributed by atoms with E-state index in [-0.39, 0.29) is 0 Å². The van der Waals surface area contributed by atoms with E-state index in [4.69, 9.17) is 4.74 Å². The van der Waals surface area contributed by atoms with Gasteiger partial charge >= 0.3 is 0 Å². The Balaban J connectivity index is 2.31. The van der Waals surface area contributed by atoms with Gasteiger partial charge in [-0.3, -0.25) is 4.98 Å². The SMILES string of the molecule is CC1(c2ccccn2)OCC1O. The number of ether oxygens (including phenoxy) is 1. The summed E-state index contributed by atoms with van der Waals surface area (Å²) < 4.78 is 5.30. The molecule has 2 atom stereocenters. The number of hydrogen-bond donors (Lipinski definition) is 1. The third-order valence-corrected chi connectivity index (χ3v) is 2.35. The van der Waals surface area contributed by atoms with E-state index in [1.54, 1.807) is 6.20 Å². The first-order valence-corrected chi connectivity index (χ1v) is 3.97. The van der Waals surface area contributed by atoms with Crippen molar-refractivity contribution in [2.75, 3.05) is 6.61 Å². The van der Waals surface area contributed by atoms with Gasteiger partial charge < -0.3 is 9.84 Å². The molecule has 0 bridgehead atoms. The van der Waals surface area contributed by atoms with Crippen LogP contribution in [-0.2, 0) is 10.3 Å². The van der Waals surface area contributed by atoms with Crippen LogP contribution in [0.1, 0.15) is 12.6 Å². The van der Waals surface area contributed by atoms with E-state index in [2.05, 4.69) is 4.98 Å². The molecule has 1 aromatic heterocycles. The molecule has 2 rings (SSSR count). The van der Waals surface area contributed by atoms with E-state index in [1.807, 2.05) is 25.1 Å². The molecule has 3 nitrogen and oxygen atoms in total. The monoisotopic (exact) mass is 165 g/mol. The standard InChI is InChI=1S/C9H11NO2/c1-9(8(11)6-12-9)7-4-2-3-5-10-7/h2-5,8,11H,6H2,1H3. The Morgan fingerprint density at radius 2 is 2.50 bits per heavy atom. The highest BCUT2D eigenvalue weighted by Gasteiger charge is 2.45. The minimum atomic E-state index is -0.582. The summed E-state index contributed by atoms with van der Waals surface area (Å²) in [5.74, 6) is 0. The fourth-order valence-electron chi connectivity index (χ4n) is 1.31. The molecule has 1 saturated heterocycles. The number of hydrogen-bond acceptors (Lipinski definition) is 3. The van der Waals surface area contributed by atoms with Crippen LogP contribution in [0, 0.1) is 0 Å². The lowest BCUT2D eigenvalue weighted by molar-refractivity contribution is -0.238. The lowest BCUT2D eigenvalue weighted by atomic mass is 9.90. The van der Waals surface area contributed by atoms with E-state index in [0.717, 1.165) is 5.69 Å². The highest BCUT2D eigenvalue weighted by Crippen LogP contribution is 2.35. The Hall–Kier alpha value is -0.930. The van der Waals surface area contributed by atoms with Crippen LogP contribution < -0.4 is 0 Å². The van der Waals surface area contributed by atoms with Crippen molar-refractivity contribution in [1.29, 1.82) is 0 Å². The van der Waals surface area contributed by atoms with Crippen LogP contribution in [0.15, 0.2) is 24.4 Å². The number of aromatic nitrogens is 1. The molecule has 0 aromatic carbocycles. The zero-order valence-corrected chi connectivity index (χ0v) is 6.90. The van der Waals surface area contributed by atoms with Crippen LogP contribution in [0.5, 0.6) is 0 Å². The highest BCUT2D eigenvalue weighted by atomic mass is 16.6. The number of aliphatic hydroxyl groups excluding tert-OH is 1. The quantitative estimate of drug-likeness (QED) is 0.665. The first-order valence-electron chi connectivity index (χ1n) is 3.97. The van der Waals surface area contributed by atoms with Crippen LogP contribution in [0.25, 0.3) is 0 Å². The second-order valence-electron chi connectivity index (χ2n) is 3.15. The third kappa shape index (κ3) is 0.940. The summed E-state index contributed by atoms with van der Waals surface area (Å²) in [6, 6.07) is 5.60. The minimum absolute atomic E-state index is 0.410. The van der Waals surface area contributed by atoms with E-state index >= 15 is 0 Å². The smallest absolute Gasteiger partial charge is 0.135 e. The van der Waals surface area contributed by atoms with E-state index in [0.29, 0.717) is 6.61 Å². The normalized spacial score (nSPS) is 34.3. The molecule has 1 aromatic rings. The Morgan fingerprint density at radius 1 is 1.67 bits per heavy atom. The van der Waals surface area contributed by atoms with E-state index < -0.39 is 11.7 Å². The topological polar surface area (TPSA) is 42.4 Å². The first kappa shape index (κ1) is 7.71. The van der Waals surface area contributed by atoms with Gasteiger partial charge in [0.05, 0.1) is 12.3 Å². The zero-order valence-electron chi connectivity index (χ0n) is 6.90. The van der Waals surface area contributed by atoms with Crippen molar-refractivity contribution in [3.05, 3.63) is 30.1 Å². The lowest BCUT2D eigenvalue weighted by Gasteiger charge is -2.43. The third-order valence-electron chi connectivity index (χ3n) is 2.35. The van der Waals surface area contributed by atoms with E-state index in [1.165, 1.54) is 0 Å². The van der Waals surface area contributed by atoms with Gasteiger partial charge in [0.1, 0.15) is 11.7 Å². The van der Waals surface area contributed by atoms with Crippen molar-refractivity contribution in [2.45, 2.75) is 18.6 Å². The van der Waals surface area contributed by atoms with Gasteiger partial charge in [-0.2, -0.15) is 0 Å². The van der Waals surface area contributed by atoms with Crippen LogP contribution in [-0.4, -0.2) is 22.8 Å². The van der Waals surface area contributed by atoms with Crippen molar-refractivity contribution in [2.24, 2.45) is 0 Å². The van der Waals surface area contributed by atoms with Crippen LogP contribution in [0.2, 0.25) is 0 Å². The molecule has 0 aliphatic carbocycles. The molecule has 3 heteroatoms. The van der Waals surface area contributed by atoms with Crippen LogP contribution in [0.4, 0.5) is 0 Å². The molecule has 1 fully saturated rings. The van der Waals surface area contributed by atoms with Gasteiger partial charge in [0.25, 0.3) is 0 Å². The Labute approximate surface area is 71.0 Å². The summed E-state index contributed by atoms with van der Waals surface area (Å²) >= 11 is 0. The van der Waals surface area contributed by atoms with Gasteiger partial charge in [-0.15, -0.1) is 0 Å². The number of rotatable bonds is 1. The number of aliphatic hydroxyl groups is 1. The summed E-state index contributed by atoms with van der Waals surface area (Å²) in [6.45, 7) is 2.26. The van der Waals surface area contributed by atoms with Crippen LogP contribution >= 0.6 is 0 Å². The van der Waals surface area contributed by atoms with Crippen molar-refractivity contribution >= 4 is 0 Å². The maximum Gasteiger partial charge on any atom is 0.135 e. The predicted octanol–water partition coefficient (Wildman–Crippen LogP) is 0.688. The number of nitrogens with zero attached hydrogens (tertiary/aromatic N) is 1. The predicted molar refractivity (Wildman–Crippen MR) is 43.5 cm³/mol. The maximum atomic E-state index is 9.46. The summed E-state index contributed by atoms with van der Waals surface area (Å²) in [4.78, 5) is 4.14. The largest absolute Gasteiger partial charge is 0.387 e. The summed E-state index contributed by atoms with van der Waals surface area (Å²) in [5.41, 5.74) is 0.213. The number of pyridine rings is 1. The summed E-state index contributed by atoms with van der Waals surface area (Å²) in [6.07, 6.45) is 1.28. The van der Waals surface area contributed by atoms with Gasteiger partial charge in [0.2, 0.25) is 0 Å². The molecule has 1 N–H and O–H groups in total. The molecule has 0 radical (unpaired) electrons. The molecule has 1 aliphatic heterocycles. The second kappa shape index (κ2) is 2.54.